The van der Waals surface area contributed by atoms with Crippen LogP contribution in [0.1, 0.15) is 54.1 Å². The Balaban J connectivity index is 1.95. The van der Waals surface area contributed by atoms with Crippen molar-refractivity contribution < 1.29 is 9.90 Å². The van der Waals surface area contributed by atoms with E-state index in [0.29, 0.717) is 11.6 Å². The molecular weight excluding hydrogens is 429 g/mol. The fraction of sp³-hybridized carbons (Fsp3) is 0.316. The van der Waals surface area contributed by atoms with Gasteiger partial charge in [-0.15, -0.1) is 0 Å². The molecule has 1 aliphatic carbocycles. The predicted octanol–water partition coefficient (Wildman–Crippen LogP) is 4.75. The van der Waals surface area contributed by atoms with Crippen molar-refractivity contribution in [2.75, 3.05) is 0 Å². The van der Waals surface area contributed by atoms with Gasteiger partial charge in [0.05, 0.1) is 11.9 Å². The van der Waals surface area contributed by atoms with Crippen molar-refractivity contribution in [1.82, 2.24) is 14.6 Å². The Hall–Kier alpha value is -1.96. The molecule has 4 rings (SSSR count). The van der Waals surface area contributed by atoms with Crippen molar-refractivity contribution in [3.8, 4) is 11.1 Å². The number of hydrogen-bond acceptors (Lipinski definition) is 3. The Kier molecular flexibility index (Phi) is 4.45. The molecule has 0 aliphatic heterocycles. The number of carboxylic acid groups (broad SMARTS) is 1. The van der Waals surface area contributed by atoms with Crippen molar-refractivity contribution in [1.29, 1.82) is 0 Å². The standard InChI is InChI=1S/C19H18IN3O2/c20-14-8-6-12(7-9-14)15-10-21-18-16(19(24)25)11-22-23(18)17(15)13-4-2-1-3-5-13/h6-11,13H,1-5H2,(H,24,25). The highest BCUT2D eigenvalue weighted by atomic mass is 127. The Morgan fingerprint density at radius 3 is 2.52 bits per heavy atom. The van der Waals surface area contributed by atoms with Gasteiger partial charge < -0.3 is 5.11 Å². The Labute approximate surface area is 159 Å². The summed E-state index contributed by atoms with van der Waals surface area (Å²) in [5.41, 5.74) is 3.84. The first-order chi connectivity index (χ1) is 12.1. The SMILES string of the molecule is O=C(O)c1cnn2c(C3CCCCC3)c(-c3ccc(I)cc3)cnc12. The van der Waals surface area contributed by atoms with Gasteiger partial charge in [-0.3, -0.25) is 0 Å². The van der Waals surface area contributed by atoms with Gasteiger partial charge in [0.25, 0.3) is 0 Å². The smallest absolute Gasteiger partial charge is 0.341 e. The van der Waals surface area contributed by atoms with Crippen LogP contribution in [0.4, 0.5) is 0 Å². The largest absolute Gasteiger partial charge is 0.477 e. The molecule has 25 heavy (non-hydrogen) atoms. The third-order valence-electron chi connectivity index (χ3n) is 4.94. The summed E-state index contributed by atoms with van der Waals surface area (Å²) < 4.78 is 2.94. The van der Waals surface area contributed by atoms with Crippen molar-refractivity contribution >= 4 is 34.2 Å². The minimum absolute atomic E-state index is 0.159. The number of aromatic carboxylic acids is 1. The summed E-state index contributed by atoms with van der Waals surface area (Å²) in [6.45, 7) is 0. The number of carboxylic acids is 1. The van der Waals surface area contributed by atoms with Gasteiger partial charge in [0, 0.05) is 21.2 Å². The average Bonchev–Trinajstić information content (AvgIpc) is 3.06. The number of hydrogen-bond donors (Lipinski definition) is 1. The molecule has 1 fully saturated rings. The maximum absolute atomic E-state index is 11.5. The van der Waals surface area contributed by atoms with Gasteiger partial charge >= 0.3 is 5.97 Å². The Bertz CT molecular complexity index is 928. The number of fused-ring (bicyclic) bond motifs is 1. The molecule has 2 heterocycles. The molecule has 1 aromatic carbocycles. The molecule has 0 amide bonds. The van der Waals surface area contributed by atoms with E-state index in [-0.39, 0.29) is 5.56 Å². The summed E-state index contributed by atoms with van der Waals surface area (Å²) in [7, 11) is 0. The molecule has 1 saturated carbocycles. The summed E-state index contributed by atoms with van der Waals surface area (Å²) in [5.74, 6) is -0.603. The molecule has 5 nitrogen and oxygen atoms in total. The second kappa shape index (κ2) is 6.74. The first kappa shape index (κ1) is 16.5. The molecule has 0 unspecified atom stereocenters. The number of halogens is 1. The van der Waals surface area contributed by atoms with E-state index in [0.717, 1.165) is 29.7 Å². The molecule has 6 heteroatoms. The molecule has 0 radical (unpaired) electrons. The molecular formula is C19H18IN3O2. The van der Waals surface area contributed by atoms with Gasteiger partial charge in [-0.2, -0.15) is 5.10 Å². The minimum atomic E-state index is -0.987. The zero-order chi connectivity index (χ0) is 17.4. The highest BCUT2D eigenvalue weighted by Crippen LogP contribution is 2.38. The highest BCUT2D eigenvalue weighted by Gasteiger charge is 2.25. The molecule has 3 aromatic rings. The zero-order valence-corrected chi connectivity index (χ0v) is 15.8. The lowest BCUT2D eigenvalue weighted by molar-refractivity contribution is 0.0698. The Morgan fingerprint density at radius 1 is 1.12 bits per heavy atom. The van der Waals surface area contributed by atoms with E-state index in [2.05, 4.69) is 56.9 Å². The van der Waals surface area contributed by atoms with Crippen LogP contribution in [0.25, 0.3) is 16.8 Å². The predicted molar refractivity (Wildman–Crippen MR) is 104 cm³/mol. The molecule has 0 bridgehead atoms. The topological polar surface area (TPSA) is 67.5 Å². The summed E-state index contributed by atoms with van der Waals surface area (Å²) in [5, 5.41) is 13.8. The quantitative estimate of drug-likeness (QED) is 0.589. The van der Waals surface area contributed by atoms with E-state index in [4.69, 9.17) is 0 Å². The van der Waals surface area contributed by atoms with Crippen molar-refractivity contribution in [3.05, 3.63) is 51.5 Å². The fourth-order valence-electron chi connectivity index (χ4n) is 3.72. The number of carbonyl (C=O) groups is 1. The number of nitrogens with zero attached hydrogens (tertiary/aromatic N) is 3. The van der Waals surface area contributed by atoms with Crippen LogP contribution in [0.15, 0.2) is 36.7 Å². The van der Waals surface area contributed by atoms with Crippen LogP contribution >= 0.6 is 22.6 Å². The lowest BCUT2D eigenvalue weighted by atomic mass is 9.84. The minimum Gasteiger partial charge on any atom is -0.477 e. The number of benzene rings is 1. The van der Waals surface area contributed by atoms with Gasteiger partial charge in [0.2, 0.25) is 0 Å². The van der Waals surface area contributed by atoms with E-state index < -0.39 is 5.97 Å². The number of rotatable bonds is 3. The summed E-state index contributed by atoms with van der Waals surface area (Å²) in [6.07, 6.45) is 9.12. The van der Waals surface area contributed by atoms with E-state index in [9.17, 15) is 9.90 Å². The van der Waals surface area contributed by atoms with Crippen LogP contribution < -0.4 is 0 Å². The van der Waals surface area contributed by atoms with Crippen molar-refractivity contribution in [2.24, 2.45) is 0 Å². The third-order valence-corrected chi connectivity index (χ3v) is 5.66. The lowest BCUT2D eigenvalue weighted by Crippen LogP contribution is -2.13. The van der Waals surface area contributed by atoms with Crippen LogP contribution in [-0.4, -0.2) is 25.7 Å². The van der Waals surface area contributed by atoms with E-state index >= 15 is 0 Å². The van der Waals surface area contributed by atoms with Crippen molar-refractivity contribution in [3.63, 3.8) is 0 Å². The summed E-state index contributed by atoms with van der Waals surface area (Å²) >= 11 is 2.29. The molecule has 0 spiro atoms. The van der Waals surface area contributed by atoms with Crippen molar-refractivity contribution in [2.45, 2.75) is 38.0 Å². The van der Waals surface area contributed by atoms with Crippen LogP contribution in [0.2, 0.25) is 0 Å². The highest BCUT2D eigenvalue weighted by molar-refractivity contribution is 14.1. The van der Waals surface area contributed by atoms with Gasteiger partial charge in [-0.25, -0.2) is 14.3 Å². The first-order valence-electron chi connectivity index (χ1n) is 8.51. The van der Waals surface area contributed by atoms with Gasteiger partial charge in [-0.05, 0) is 53.1 Å². The molecule has 1 N–H and O–H groups in total. The van der Waals surface area contributed by atoms with Gasteiger partial charge in [-0.1, -0.05) is 31.4 Å². The van der Waals surface area contributed by atoms with Crippen LogP contribution in [-0.2, 0) is 0 Å². The van der Waals surface area contributed by atoms with Crippen LogP contribution in [0.3, 0.4) is 0 Å². The second-order valence-electron chi connectivity index (χ2n) is 6.50. The lowest BCUT2D eigenvalue weighted by Gasteiger charge is -2.25. The summed E-state index contributed by atoms with van der Waals surface area (Å²) in [4.78, 5) is 15.9. The van der Waals surface area contributed by atoms with Gasteiger partial charge in [0.15, 0.2) is 5.65 Å². The molecule has 128 valence electrons. The third kappa shape index (κ3) is 3.03. The normalized spacial score (nSPS) is 15.6. The zero-order valence-electron chi connectivity index (χ0n) is 13.7. The molecule has 0 atom stereocenters. The Morgan fingerprint density at radius 2 is 1.84 bits per heavy atom. The van der Waals surface area contributed by atoms with E-state index in [1.807, 2.05) is 6.20 Å². The summed E-state index contributed by atoms with van der Waals surface area (Å²) in [6, 6.07) is 8.35. The van der Waals surface area contributed by atoms with E-state index in [1.165, 1.54) is 29.0 Å². The monoisotopic (exact) mass is 447 g/mol. The molecule has 0 saturated heterocycles. The molecule has 1 aliphatic rings. The first-order valence-corrected chi connectivity index (χ1v) is 9.59. The van der Waals surface area contributed by atoms with Gasteiger partial charge in [0.1, 0.15) is 5.56 Å². The average molecular weight is 447 g/mol. The van der Waals surface area contributed by atoms with Crippen LogP contribution in [0.5, 0.6) is 0 Å². The fourth-order valence-corrected chi connectivity index (χ4v) is 4.08. The second-order valence-corrected chi connectivity index (χ2v) is 7.74. The maximum Gasteiger partial charge on any atom is 0.341 e. The van der Waals surface area contributed by atoms with E-state index in [1.54, 1.807) is 4.52 Å². The molecule has 2 aromatic heterocycles. The van der Waals surface area contributed by atoms with Crippen LogP contribution in [0, 0.1) is 3.57 Å². The number of aromatic nitrogens is 3. The maximum atomic E-state index is 11.5.